The van der Waals surface area contributed by atoms with E-state index in [0.29, 0.717) is 5.84 Å². The van der Waals surface area contributed by atoms with Crippen LogP contribution in [0.25, 0.3) is 0 Å². The van der Waals surface area contributed by atoms with Crippen molar-refractivity contribution in [2.75, 3.05) is 7.05 Å². The number of aromatic nitrogens is 2. The molecule has 1 amide bonds. The van der Waals surface area contributed by atoms with Crippen molar-refractivity contribution in [1.82, 2.24) is 15.1 Å². The molecule has 1 N–H and O–H groups in total. The summed E-state index contributed by atoms with van der Waals surface area (Å²) in [6, 6.07) is 1.78. The van der Waals surface area contributed by atoms with Crippen LogP contribution in [0.15, 0.2) is 23.6 Å². The summed E-state index contributed by atoms with van der Waals surface area (Å²) >= 11 is 0. The first kappa shape index (κ1) is 12.2. The lowest BCUT2D eigenvalue weighted by Gasteiger charge is -2.19. The molecule has 6 heteroatoms. The van der Waals surface area contributed by atoms with E-state index in [0.717, 1.165) is 0 Å². The monoisotopic (exact) mass is 224 g/mol. The third kappa shape index (κ3) is 3.08. The molecule has 0 fully saturated rings. The number of nitrogens with one attached hydrogen (secondary N) is 1. The molecule has 0 unspecified atom stereocenters. The molecular formula is C10H16N4O2. The van der Waals surface area contributed by atoms with E-state index in [1.165, 1.54) is 7.05 Å². The van der Waals surface area contributed by atoms with E-state index in [9.17, 15) is 4.79 Å². The average molecular weight is 224 g/mol. The van der Waals surface area contributed by atoms with Gasteiger partial charge in [0.15, 0.2) is 5.84 Å². The van der Waals surface area contributed by atoms with Gasteiger partial charge in [-0.05, 0) is 6.07 Å². The molecule has 0 bridgehead atoms. The molecule has 1 heterocycles. The van der Waals surface area contributed by atoms with Crippen molar-refractivity contribution in [1.29, 1.82) is 0 Å². The minimum Gasteiger partial charge on any atom is -0.323 e. The second-order valence-corrected chi connectivity index (χ2v) is 4.24. The van der Waals surface area contributed by atoms with Crippen LogP contribution >= 0.6 is 0 Å². The van der Waals surface area contributed by atoms with E-state index < -0.39 is 6.09 Å². The number of rotatable bonds is 1. The maximum absolute atomic E-state index is 10.9. The summed E-state index contributed by atoms with van der Waals surface area (Å²) in [6.45, 7) is 5.88. The summed E-state index contributed by atoms with van der Waals surface area (Å²) in [6.07, 6.45) is 2.78. The molecule has 16 heavy (non-hydrogen) atoms. The van der Waals surface area contributed by atoms with Crippen LogP contribution in [0, 0.1) is 5.41 Å². The topological polar surface area (TPSA) is 68.5 Å². The first-order valence-corrected chi connectivity index (χ1v) is 4.92. The van der Waals surface area contributed by atoms with Crippen LogP contribution in [-0.2, 0) is 4.84 Å². The van der Waals surface area contributed by atoms with Gasteiger partial charge in [0.2, 0.25) is 0 Å². The standard InChI is InChI=1S/C10H16N4O2/c1-10(2,3)8(13-16-9(15)11-4)14-7-5-6-12-14/h5-7H,1-4H3,(H,11,15). The minimum absolute atomic E-state index is 0.278. The maximum atomic E-state index is 10.9. The van der Waals surface area contributed by atoms with Gasteiger partial charge in [0.05, 0.1) is 0 Å². The molecule has 1 aromatic rings. The molecule has 0 saturated heterocycles. The number of oxime groups is 1. The fourth-order valence-corrected chi connectivity index (χ4v) is 1.05. The van der Waals surface area contributed by atoms with Crippen LogP contribution in [0.2, 0.25) is 0 Å². The normalized spacial score (nSPS) is 12.4. The molecule has 0 aliphatic carbocycles. The smallest absolute Gasteiger partial charge is 0.323 e. The molecule has 0 aromatic carbocycles. The van der Waals surface area contributed by atoms with E-state index >= 15 is 0 Å². The Morgan fingerprint density at radius 1 is 1.50 bits per heavy atom. The van der Waals surface area contributed by atoms with Crippen molar-refractivity contribution >= 4 is 11.9 Å². The second-order valence-electron chi connectivity index (χ2n) is 4.24. The molecule has 0 saturated carbocycles. The Labute approximate surface area is 94.3 Å². The van der Waals surface area contributed by atoms with Crippen molar-refractivity contribution in [2.24, 2.45) is 10.6 Å². The van der Waals surface area contributed by atoms with E-state index in [-0.39, 0.29) is 5.41 Å². The number of nitrogens with zero attached hydrogens (tertiary/aromatic N) is 3. The Bertz CT molecular complexity index is 376. The highest BCUT2D eigenvalue weighted by atomic mass is 16.7. The summed E-state index contributed by atoms with van der Waals surface area (Å²) < 4.78 is 1.57. The molecule has 88 valence electrons. The van der Waals surface area contributed by atoms with E-state index in [1.807, 2.05) is 20.8 Å². The molecule has 0 atom stereocenters. The quantitative estimate of drug-likeness (QED) is 0.340. The van der Waals surface area contributed by atoms with Crippen molar-refractivity contribution in [3.05, 3.63) is 18.5 Å². The Morgan fingerprint density at radius 3 is 2.62 bits per heavy atom. The highest BCUT2D eigenvalue weighted by Gasteiger charge is 2.22. The molecule has 6 nitrogen and oxygen atoms in total. The summed E-state index contributed by atoms with van der Waals surface area (Å²) in [4.78, 5) is 15.6. The number of hydrogen-bond donors (Lipinski definition) is 1. The highest BCUT2D eigenvalue weighted by Crippen LogP contribution is 2.17. The molecule has 0 radical (unpaired) electrons. The van der Waals surface area contributed by atoms with Gasteiger partial charge in [-0.3, -0.25) is 4.84 Å². The first-order valence-electron chi connectivity index (χ1n) is 4.92. The molecule has 1 rings (SSSR count). The van der Waals surface area contributed by atoms with Gasteiger partial charge in [-0.1, -0.05) is 25.9 Å². The third-order valence-electron chi connectivity index (χ3n) is 1.81. The average Bonchev–Trinajstić information content (AvgIpc) is 2.68. The van der Waals surface area contributed by atoms with Gasteiger partial charge in [0.1, 0.15) is 0 Å². The fourth-order valence-electron chi connectivity index (χ4n) is 1.05. The summed E-state index contributed by atoms with van der Waals surface area (Å²) in [5, 5.41) is 10.2. The predicted molar refractivity (Wildman–Crippen MR) is 60.1 cm³/mol. The van der Waals surface area contributed by atoms with Crippen molar-refractivity contribution < 1.29 is 9.63 Å². The number of carbonyl (C=O) groups is 1. The minimum atomic E-state index is -0.603. The van der Waals surface area contributed by atoms with Gasteiger partial charge >= 0.3 is 6.09 Å². The molecule has 0 aliphatic rings. The largest absolute Gasteiger partial charge is 0.433 e. The summed E-state index contributed by atoms with van der Waals surface area (Å²) in [5.41, 5.74) is -0.278. The number of carbonyl (C=O) groups excluding carboxylic acids is 1. The van der Waals surface area contributed by atoms with Crippen molar-refractivity contribution in [3.8, 4) is 0 Å². The van der Waals surface area contributed by atoms with Gasteiger partial charge in [0.25, 0.3) is 0 Å². The number of amides is 1. The lowest BCUT2D eigenvalue weighted by Crippen LogP contribution is -2.29. The second kappa shape index (κ2) is 4.78. The third-order valence-corrected chi connectivity index (χ3v) is 1.81. The van der Waals surface area contributed by atoms with Crippen LogP contribution in [0.5, 0.6) is 0 Å². The zero-order valence-electron chi connectivity index (χ0n) is 9.89. The van der Waals surface area contributed by atoms with Gasteiger partial charge in [-0.15, -0.1) is 0 Å². The molecule has 1 aromatic heterocycles. The fraction of sp³-hybridized carbons (Fsp3) is 0.500. The van der Waals surface area contributed by atoms with Gasteiger partial charge in [-0.2, -0.15) is 5.10 Å². The Kier molecular flexibility index (Phi) is 3.65. The molecule has 0 aliphatic heterocycles. The van der Waals surface area contributed by atoms with Crippen molar-refractivity contribution in [2.45, 2.75) is 20.8 Å². The van der Waals surface area contributed by atoms with Gasteiger partial charge in [-0.25, -0.2) is 9.48 Å². The van der Waals surface area contributed by atoms with Crippen LogP contribution in [-0.4, -0.2) is 28.8 Å². The van der Waals surface area contributed by atoms with Crippen LogP contribution < -0.4 is 5.32 Å². The molecule has 0 spiro atoms. The Morgan fingerprint density at radius 2 is 2.19 bits per heavy atom. The van der Waals surface area contributed by atoms with Crippen LogP contribution in [0.4, 0.5) is 4.79 Å². The Hall–Kier alpha value is -1.85. The van der Waals surface area contributed by atoms with Gasteiger partial charge in [0, 0.05) is 24.9 Å². The van der Waals surface area contributed by atoms with E-state index in [1.54, 1.807) is 23.1 Å². The lowest BCUT2D eigenvalue weighted by molar-refractivity contribution is 0.151. The van der Waals surface area contributed by atoms with Crippen LogP contribution in [0.1, 0.15) is 20.8 Å². The Balaban J connectivity index is 2.94. The zero-order valence-corrected chi connectivity index (χ0v) is 9.89. The zero-order chi connectivity index (χ0) is 12.2. The predicted octanol–water partition coefficient (Wildman–Crippen LogP) is 1.45. The number of hydrogen-bond acceptors (Lipinski definition) is 4. The van der Waals surface area contributed by atoms with E-state index in [4.69, 9.17) is 0 Å². The SMILES string of the molecule is CNC(=O)ON=C(n1cccn1)C(C)(C)C. The van der Waals surface area contributed by atoms with Gasteiger partial charge < -0.3 is 5.32 Å². The summed E-state index contributed by atoms with van der Waals surface area (Å²) in [7, 11) is 1.47. The maximum Gasteiger partial charge on any atom is 0.433 e. The molecular weight excluding hydrogens is 208 g/mol. The summed E-state index contributed by atoms with van der Waals surface area (Å²) in [5.74, 6) is 0.557. The van der Waals surface area contributed by atoms with E-state index in [2.05, 4.69) is 20.4 Å². The lowest BCUT2D eigenvalue weighted by atomic mass is 9.95. The first-order chi connectivity index (χ1) is 7.45. The van der Waals surface area contributed by atoms with Crippen molar-refractivity contribution in [3.63, 3.8) is 0 Å². The highest BCUT2D eigenvalue weighted by molar-refractivity contribution is 5.88. The van der Waals surface area contributed by atoms with Crippen LogP contribution in [0.3, 0.4) is 0 Å².